The Morgan fingerprint density at radius 3 is 2.76 bits per heavy atom. The van der Waals surface area contributed by atoms with E-state index in [2.05, 4.69) is 10.2 Å². The van der Waals surface area contributed by atoms with Gasteiger partial charge >= 0.3 is 0 Å². The zero-order chi connectivity index (χ0) is 12.4. The second-order valence-corrected chi connectivity index (χ2v) is 4.21. The Bertz CT molecular complexity index is 544. The molecule has 0 atom stereocenters. The molecule has 90 valence electrons. The van der Waals surface area contributed by atoms with Gasteiger partial charge in [-0.2, -0.15) is 0 Å². The largest absolute Gasteiger partial charge is 0.494 e. The fourth-order valence-electron chi connectivity index (χ4n) is 1.21. The van der Waals surface area contributed by atoms with Crippen LogP contribution in [0, 0.1) is 12.7 Å². The van der Waals surface area contributed by atoms with E-state index in [1.807, 2.05) is 0 Å². The lowest BCUT2D eigenvalue weighted by molar-refractivity contribution is 0.385. The Labute approximate surface area is 101 Å². The molecule has 0 bridgehead atoms. The van der Waals surface area contributed by atoms with Crippen molar-refractivity contribution in [3.8, 4) is 5.75 Å². The van der Waals surface area contributed by atoms with E-state index < -0.39 is 5.82 Å². The Morgan fingerprint density at radius 2 is 2.18 bits per heavy atom. The van der Waals surface area contributed by atoms with Gasteiger partial charge in [0.15, 0.2) is 11.6 Å². The van der Waals surface area contributed by atoms with E-state index in [4.69, 9.17) is 14.9 Å². The fourth-order valence-corrected chi connectivity index (χ4v) is 1.98. The van der Waals surface area contributed by atoms with Crippen LogP contribution in [0.2, 0.25) is 0 Å². The molecule has 0 aliphatic heterocycles. The minimum absolute atomic E-state index is 0.123. The number of anilines is 1. The average molecular weight is 255 g/mol. The third-order valence-electron chi connectivity index (χ3n) is 1.99. The van der Waals surface area contributed by atoms with Crippen molar-refractivity contribution in [3.63, 3.8) is 0 Å². The van der Waals surface area contributed by atoms with E-state index in [9.17, 15) is 4.39 Å². The zero-order valence-electron chi connectivity index (χ0n) is 9.23. The number of aromatic nitrogens is 2. The number of nitrogens with zero attached hydrogens (tertiary/aromatic N) is 2. The maximum Gasteiger partial charge on any atom is 0.281 e. The summed E-state index contributed by atoms with van der Waals surface area (Å²) in [6.07, 6.45) is 0. The lowest BCUT2D eigenvalue weighted by Gasteiger charge is -2.06. The molecule has 0 fully saturated rings. The summed E-state index contributed by atoms with van der Waals surface area (Å²) >= 11 is 1.16. The van der Waals surface area contributed by atoms with Gasteiger partial charge in [-0.25, -0.2) is 4.39 Å². The van der Waals surface area contributed by atoms with E-state index >= 15 is 0 Å². The van der Waals surface area contributed by atoms with E-state index in [0.29, 0.717) is 21.7 Å². The summed E-state index contributed by atoms with van der Waals surface area (Å²) in [5.74, 6) is 0.0779. The number of benzene rings is 1. The first-order chi connectivity index (χ1) is 8.10. The van der Waals surface area contributed by atoms with E-state index in [1.165, 1.54) is 19.2 Å². The van der Waals surface area contributed by atoms with Gasteiger partial charge in [0, 0.05) is 23.6 Å². The molecule has 2 aromatic rings. The zero-order valence-corrected chi connectivity index (χ0v) is 10.0. The quantitative estimate of drug-likeness (QED) is 0.848. The Balaban J connectivity index is 2.32. The van der Waals surface area contributed by atoms with Crippen LogP contribution in [0.4, 0.5) is 10.1 Å². The molecule has 0 aliphatic rings. The van der Waals surface area contributed by atoms with Crippen LogP contribution in [-0.2, 0) is 0 Å². The van der Waals surface area contributed by atoms with Crippen LogP contribution >= 0.6 is 11.8 Å². The van der Waals surface area contributed by atoms with Crippen molar-refractivity contribution in [1.82, 2.24) is 10.2 Å². The molecule has 0 amide bonds. The van der Waals surface area contributed by atoms with Gasteiger partial charge in [0.1, 0.15) is 0 Å². The maximum absolute atomic E-state index is 13.3. The molecule has 17 heavy (non-hydrogen) atoms. The van der Waals surface area contributed by atoms with Crippen LogP contribution in [0.25, 0.3) is 0 Å². The molecule has 0 unspecified atom stereocenters. The Kier molecular flexibility index (Phi) is 3.19. The predicted octanol–water partition coefficient (Wildman–Crippen LogP) is 2.26. The lowest BCUT2D eigenvalue weighted by atomic mass is 10.3. The molecule has 1 aromatic carbocycles. The third-order valence-corrected chi connectivity index (χ3v) is 2.90. The molecule has 0 aliphatic carbocycles. The fraction of sp³-hybridized carbons (Fsp3) is 0.200. The number of hydrogen-bond acceptors (Lipinski definition) is 6. The molecule has 7 heteroatoms. The first kappa shape index (κ1) is 11.7. The van der Waals surface area contributed by atoms with Gasteiger partial charge in [-0.3, -0.25) is 0 Å². The van der Waals surface area contributed by atoms with Crippen LogP contribution in [0.15, 0.2) is 26.7 Å². The van der Waals surface area contributed by atoms with E-state index in [-0.39, 0.29) is 5.75 Å². The van der Waals surface area contributed by atoms with Gasteiger partial charge < -0.3 is 14.9 Å². The van der Waals surface area contributed by atoms with Crippen LogP contribution in [-0.4, -0.2) is 17.3 Å². The summed E-state index contributed by atoms with van der Waals surface area (Å²) in [5, 5.41) is 7.86. The van der Waals surface area contributed by atoms with Crippen LogP contribution in [0.5, 0.6) is 5.75 Å². The highest BCUT2D eigenvalue weighted by Crippen LogP contribution is 2.35. The van der Waals surface area contributed by atoms with Crippen molar-refractivity contribution in [2.75, 3.05) is 12.8 Å². The van der Waals surface area contributed by atoms with Crippen molar-refractivity contribution in [2.24, 2.45) is 0 Å². The SMILES string of the molecule is COc1cc(Sc2nnc(C)o2)c(N)cc1F. The normalized spacial score (nSPS) is 10.5. The highest BCUT2D eigenvalue weighted by Gasteiger charge is 2.12. The monoisotopic (exact) mass is 255 g/mol. The van der Waals surface area contributed by atoms with Crippen molar-refractivity contribution in [1.29, 1.82) is 0 Å². The van der Waals surface area contributed by atoms with Gasteiger partial charge in [-0.15, -0.1) is 10.2 Å². The standard InChI is InChI=1S/C10H10FN3O2S/c1-5-13-14-10(16-5)17-9-4-8(15-2)6(11)3-7(9)12/h3-4H,12H2,1-2H3. The number of halogens is 1. The molecule has 0 saturated carbocycles. The number of methoxy groups -OCH3 is 1. The molecule has 2 N–H and O–H groups in total. The summed E-state index contributed by atoms with van der Waals surface area (Å²) in [4.78, 5) is 0.604. The van der Waals surface area contributed by atoms with Crippen LogP contribution in [0.3, 0.4) is 0 Å². The number of ether oxygens (including phenoxy) is 1. The molecule has 0 spiro atoms. The minimum atomic E-state index is -0.504. The molecule has 1 aromatic heterocycles. The summed E-state index contributed by atoms with van der Waals surface area (Å²) in [7, 11) is 1.39. The minimum Gasteiger partial charge on any atom is -0.494 e. The number of hydrogen-bond donors (Lipinski definition) is 1. The Morgan fingerprint density at radius 1 is 1.41 bits per heavy atom. The molecule has 2 rings (SSSR count). The highest BCUT2D eigenvalue weighted by molar-refractivity contribution is 7.99. The summed E-state index contributed by atoms with van der Waals surface area (Å²) in [6.45, 7) is 1.69. The molecule has 5 nitrogen and oxygen atoms in total. The smallest absolute Gasteiger partial charge is 0.281 e. The topological polar surface area (TPSA) is 74.2 Å². The van der Waals surface area contributed by atoms with Crippen molar-refractivity contribution < 1.29 is 13.5 Å². The Hall–Kier alpha value is -1.76. The predicted molar refractivity (Wildman–Crippen MR) is 60.5 cm³/mol. The summed E-state index contributed by atoms with van der Waals surface area (Å²) < 4.78 is 23.4. The van der Waals surface area contributed by atoms with E-state index in [0.717, 1.165) is 11.8 Å². The lowest BCUT2D eigenvalue weighted by Crippen LogP contribution is -1.94. The molecule has 0 saturated heterocycles. The van der Waals surface area contributed by atoms with Crippen LogP contribution < -0.4 is 10.5 Å². The third kappa shape index (κ3) is 2.50. The van der Waals surface area contributed by atoms with E-state index in [1.54, 1.807) is 6.92 Å². The van der Waals surface area contributed by atoms with Crippen LogP contribution in [0.1, 0.15) is 5.89 Å². The summed E-state index contributed by atoms with van der Waals surface area (Å²) in [6, 6.07) is 2.69. The van der Waals surface area contributed by atoms with Gasteiger partial charge in [-0.05, 0) is 17.8 Å². The van der Waals surface area contributed by atoms with Gasteiger partial charge in [0.05, 0.1) is 7.11 Å². The van der Waals surface area contributed by atoms with Gasteiger partial charge in [-0.1, -0.05) is 0 Å². The number of rotatable bonds is 3. The van der Waals surface area contributed by atoms with Crippen molar-refractivity contribution >= 4 is 17.4 Å². The van der Waals surface area contributed by atoms with Gasteiger partial charge in [0.2, 0.25) is 5.89 Å². The molecular weight excluding hydrogens is 245 g/mol. The van der Waals surface area contributed by atoms with Crippen molar-refractivity contribution in [2.45, 2.75) is 17.0 Å². The summed E-state index contributed by atoms with van der Waals surface area (Å²) in [5.41, 5.74) is 5.99. The maximum atomic E-state index is 13.3. The molecular formula is C10H10FN3O2S. The first-order valence-corrected chi connectivity index (χ1v) is 5.52. The number of aryl methyl sites for hydroxylation is 1. The van der Waals surface area contributed by atoms with Crippen molar-refractivity contribution in [3.05, 3.63) is 23.8 Å². The first-order valence-electron chi connectivity index (χ1n) is 4.71. The number of nitrogen functional groups attached to an aromatic ring is 1. The number of nitrogens with two attached hydrogens (primary N) is 1. The molecule has 0 radical (unpaired) electrons. The second-order valence-electron chi connectivity index (χ2n) is 3.21. The second kappa shape index (κ2) is 4.62. The highest BCUT2D eigenvalue weighted by atomic mass is 32.2. The molecule has 1 heterocycles. The van der Waals surface area contributed by atoms with Gasteiger partial charge in [0.25, 0.3) is 5.22 Å². The average Bonchev–Trinajstić information content (AvgIpc) is 2.68.